The lowest BCUT2D eigenvalue weighted by Crippen LogP contribution is -2.41. The topological polar surface area (TPSA) is 116 Å². The number of amides is 1. The third-order valence-corrected chi connectivity index (χ3v) is 5.86. The fraction of sp³-hybridized carbons (Fsp3) is 0.280. The second-order valence-electron chi connectivity index (χ2n) is 8.06. The Morgan fingerprint density at radius 2 is 1.86 bits per heavy atom. The molecule has 0 spiro atoms. The van der Waals surface area contributed by atoms with Crippen molar-refractivity contribution in [2.75, 3.05) is 11.4 Å². The van der Waals surface area contributed by atoms with E-state index in [-0.39, 0.29) is 42.7 Å². The van der Waals surface area contributed by atoms with Crippen LogP contribution in [-0.4, -0.2) is 36.9 Å². The van der Waals surface area contributed by atoms with Crippen LogP contribution in [0.4, 0.5) is 5.69 Å². The van der Waals surface area contributed by atoms with Crippen molar-refractivity contribution in [3.63, 3.8) is 0 Å². The molecule has 0 atom stereocenters. The standard InChI is InChI=1S/C25H25ClN6O4/c1-4-30(19-8-6-7-16(3)15-19)21(33)14-13-20-27-23(29-36-20)22-24(34)31(5-2)25(35)32(28-22)18-11-9-17(26)10-12-18/h6-12,15H,4-5,13-14H2,1-3H3. The highest BCUT2D eigenvalue weighted by molar-refractivity contribution is 6.30. The molecule has 2 aromatic carbocycles. The molecule has 2 heterocycles. The van der Waals surface area contributed by atoms with Gasteiger partial charge < -0.3 is 9.42 Å². The zero-order valence-electron chi connectivity index (χ0n) is 20.1. The zero-order valence-corrected chi connectivity index (χ0v) is 20.9. The van der Waals surface area contributed by atoms with E-state index in [0.29, 0.717) is 17.3 Å². The van der Waals surface area contributed by atoms with Crippen LogP contribution in [0.3, 0.4) is 0 Å². The molecule has 0 aliphatic rings. The van der Waals surface area contributed by atoms with Crippen LogP contribution in [0.2, 0.25) is 5.02 Å². The van der Waals surface area contributed by atoms with Crippen molar-refractivity contribution >= 4 is 23.2 Å². The highest BCUT2D eigenvalue weighted by atomic mass is 35.5. The number of anilines is 1. The van der Waals surface area contributed by atoms with Crippen LogP contribution in [0, 0.1) is 6.92 Å². The predicted molar refractivity (Wildman–Crippen MR) is 136 cm³/mol. The average molecular weight is 509 g/mol. The lowest BCUT2D eigenvalue weighted by molar-refractivity contribution is -0.118. The van der Waals surface area contributed by atoms with E-state index in [1.807, 2.05) is 38.1 Å². The monoisotopic (exact) mass is 508 g/mol. The molecule has 0 fully saturated rings. The number of carbonyl (C=O) groups excluding carboxylic acids is 1. The number of halogens is 1. The summed E-state index contributed by atoms with van der Waals surface area (Å²) in [5, 5.41) is 8.60. The van der Waals surface area contributed by atoms with Crippen LogP contribution < -0.4 is 16.1 Å². The largest absolute Gasteiger partial charge is 0.352 e. The summed E-state index contributed by atoms with van der Waals surface area (Å²) >= 11 is 5.95. The summed E-state index contributed by atoms with van der Waals surface area (Å²) in [7, 11) is 0. The Bertz CT molecular complexity index is 1510. The van der Waals surface area contributed by atoms with Gasteiger partial charge in [0.1, 0.15) is 0 Å². The molecule has 4 rings (SSSR count). The van der Waals surface area contributed by atoms with Crippen LogP contribution in [0.1, 0.15) is 31.7 Å². The van der Waals surface area contributed by atoms with Crippen molar-refractivity contribution < 1.29 is 9.32 Å². The van der Waals surface area contributed by atoms with Crippen LogP contribution in [0.25, 0.3) is 17.2 Å². The third kappa shape index (κ3) is 5.13. The first-order valence-electron chi connectivity index (χ1n) is 11.5. The lowest BCUT2D eigenvalue weighted by Gasteiger charge is -2.21. The quantitative estimate of drug-likeness (QED) is 0.358. The Labute approximate surface area is 211 Å². The Balaban J connectivity index is 1.59. The molecule has 11 heteroatoms. The first-order chi connectivity index (χ1) is 17.3. The van der Waals surface area contributed by atoms with E-state index in [2.05, 4.69) is 15.2 Å². The van der Waals surface area contributed by atoms with Crippen molar-refractivity contribution in [3.8, 4) is 17.2 Å². The second kappa shape index (κ2) is 10.7. The van der Waals surface area contributed by atoms with E-state index < -0.39 is 11.2 Å². The molecule has 0 N–H and O–H groups in total. The minimum absolute atomic E-state index is 0.0570. The Morgan fingerprint density at radius 1 is 1.11 bits per heavy atom. The fourth-order valence-corrected chi connectivity index (χ4v) is 3.91. The van der Waals surface area contributed by atoms with Gasteiger partial charge in [0.25, 0.3) is 5.56 Å². The average Bonchev–Trinajstić information content (AvgIpc) is 3.33. The molecule has 2 aromatic heterocycles. The lowest BCUT2D eigenvalue weighted by atomic mass is 10.2. The summed E-state index contributed by atoms with van der Waals surface area (Å²) < 4.78 is 7.44. The van der Waals surface area contributed by atoms with Gasteiger partial charge in [0, 0.05) is 36.6 Å². The van der Waals surface area contributed by atoms with E-state index in [9.17, 15) is 14.4 Å². The first kappa shape index (κ1) is 25.1. The van der Waals surface area contributed by atoms with Crippen LogP contribution >= 0.6 is 11.6 Å². The van der Waals surface area contributed by atoms with Gasteiger partial charge in [0.05, 0.1) is 5.69 Å². The molecular weight excluding hydrogens is 484 g/mol. The molecule has 36 heavy (non-hydrogen) atoms. The van der Waals surface area contributed by atoms with Gasteiger partial charge in [0.15, 0.2) is 5.69 Å². The summed E-state index contributed by atoms with van der Waals surface area (Å²) in [5.41, 5.74) is 0.944. The highest BCUT2D eigenvalue weighted by Gasteiger charge is 2.21. The molecular formula is C25H25ClN6O4. The Hall–Kier alpha value is -4.05. The van der Waals surface area contributed by atoms with Crippen molar-refractivity contribution in [1.82, 2.24) is 24.5 Å². The van der Waals surface area contributed by atoms with Gasteiger partial charge in [-0.15, -0.1) is 0 Å². The molecule has 10 nitrogen and oxygen atoms in total. The molecule has 186 valence electrons. The van der Waals surface area contributed by atoms with Gasteiger partial charge in [-0.1, -0.05) is 28.9 Å². The van der Waals surface area contributed by atoms with Crippen molar-refractivity contribution in [2.24, 2.45) is 0 Å². The fourth-order valence-electron chi connectivity index (χ4n) is 3.78. The molecule has 1 amide bonds. The van der Waals surface area contributed by atoms with Crippen molar-refractivity contribution in [3.05, 3.63) is 85.8 Å². The molecule has 0 aliphatic heterocycles. The Morgan fingerprint density at radius 3 is 2.53 bits per heavy atom. The summed E-state index contributed by atoms with van der Waals surface area (Å²) in [6.07, 6.45) is 0.327. The molecule has 0 saturated heterocycles. The highest BCUT2D eigenvalue weighted by Crippen LogP contribution is 2.18. The number of hydrogen-bond acceptors (Lipinski definition) is 7. The summed E-state index contributed by atoms with van der Waals surface area (Å²) in [5.74, 6) is 0.0381. The predicted octanol–water partition coefficient (Wildman–Crippen LogP) is 3.41. The molecule has 0 radical (unpaired) electrons. The number of carbonyl (C=O) groups is 1. The summed E-state index contributed by atoms with van der Waals surface area (Å²) in [6.45, 7) is 6.21. The third-order valence-electron chi connectivity index (χ3n) is 5.61. The van der Waals surface area contributed by atoms with Gasteiger partial charge in [-0.3, -0.25) is 14.2 Å². The SMILES string of the molecule is CCN(C(=O)CCc1nc(-c2nn(-c3ccc(Cl)cc3)c(=O)n(CC)c2=O)no1)c1cccc(C)c1. The molecule has 4 aromatic rings. The zero-order chi connectivity index (χ0) is 25.8. The first-order valence-corrected chi connectivity index (χ1v) is 11.9. The molecule has 0 aliphatic carbocycles. The summed E-state index contributed by atoms with van der Waals surface area (Å²) in [4.78, 5) is 44.6. The van der Waals surface area contributed by atoms with E-state index in [4.69, 9.17) is 16.1 Å². The molecule has 0 unspecified atom stereocenters. The van der Waals surface area contributed by atoms with Crippen LogP contribution in [-0.2, 0) is 17.8 Å². The molecule has 0 saturated carbocycles. The minimum Gasteiger partial charge on any atom is -0.339 e. The smallest absolute Gasteiger partial charge is 0.339 e. The maximum Gasteiger partial charge on any atom is 0.352 e. The van der Waals surface area contributed by atoms with Crippen LogP contribution in [0.15, 0.2) is 62.6 Å². The maximum atomic E-state index is 12.9. The van der Waals surface area contributed by atoms with Gasteiger partial charge in [-0.05, 0) is 62.7 Å². The van der Waals surface area contributed by atoms with E-state index in [1.54, 1.807) is 36.1 Å². The normalized spacial score (nSPS) is 11.0. The van der Waals surface area contributed by atoms with E-state index in [1.165, 1.54) is 0 Å². The number of nitrogens with zero attached hydrogens (tertiary/aromatic N) is 6. The Kier molecular flexibility index (Phi) is 7.44. The van der Waals surface area contributed by atoms with Crippen molar-refractivity contribution in [2.45, 2.75) is 40.2 Å². The maximum absolute atomic E-state index is 12.9. The van der Waals surface area contributed by atoms with Gasteiger partial charge in [0.2, 0.25) is 17.6 Å². The van der Waals surface area contributed by atoms with E-state index >= 15 is 0 Å². The number of benzene rings is 2. The van der Waals surface area contributed by atoms with Crippen LogP contribution in [0.5, 0.6) is 0 Å². The number of aromatic nitrogens is 5. The number of rotatable bonds is 8. The molecule has 0 bridgehead atoms. The van der Waals surface area contributed by atoms with Crippen molar-refractivity contribution in [1.29, 1.82) is 0 Å². The second-order valence-corrected chi connectivity index (χ2v) is 8.49. The van der Waals surface area contributed by atoms with Gasteiger partial charge in [-0.25, -0.2) is 4.79 Å². The van der Waals surface area contributed by atoms with E-state index in [0.717, 1.165) is 20.5 Å². The van der Waals surface area contributed by atoms with Gasteiger partial charge >= 0.3 is 5.69 Å². The summed E-state index contributed by atoms with van der Waals surface area (Å²) in [6, 6.07) is 14.2. The number of hydrogen-bond donors (Lipinski definition) is 0. The van der Waals surface area contributed by atoms with Gasteiger partial charge in [-0.2, -0.15) is 14.8 Å². The minimum atomic E-state index is -0.632. The number of aryl methyl sites for hydroxylation is 2.